The van der Waals surface area contributed by atoms with Crippen molar-refractivity contribution in [3.63, 3.8) is 0 Å². The molecule has 0 bridgehead atoms. The standard InChI is InChI=1S/C13H16BrNOS/c1-3-10(6-7-17-9-15)11-4-5-13(16-2)12(14)8-11/h4-5,8,10H,3,6-7H2,1-2H3. The Bertz CT molecular complexity index is 403. The average molecular weight is 314 g/mol. The molecule has 2 nitrogen and oxygen atoms in total. The molecule has 0 fully saturated rings. The fraction of sp³-hybridized carbons (Fsp3) is 0.462. The molecule has 0 aliphatic rings. The van der Waals surface area contributed by atoms with Gasteiger partial charge in [-0.15, -0.1) is 0 Å². The predicted molar refractivity (Wildman–Crippen MR) is 76.4 cm³/mol. The van der Waals surface area contributed by atoms with E-state index in [0.717, 1.165) is 28.8 Å². The fourth-order valence-electron chi connectivity index (χ4n) is 1.79. The van der Waals surface area contributed by atoms with Crippen LogP contribution < -0.4 is 4.74 Å². The van der Waals surface area contributed by atoms with Gasteiger partial charge in [0.25, 0.3) is 0 Å². The van der Waals surface area contributed by atoms with Crippen LogP contribution in [-0.2, 0) is 0 Å². The molecule has 0 aliphatic carbocycles. The quantitative estimate of drug-likeness (QED) is 0.570. The molecule has 1 aromatic carbocycles. The van der Waals surface area contributed by atoms with Crippen molar-refractivity contribution in [2.24, 2.45) is 0 Å². The van der Waals surface area contributed by atoms with Crippen molar-refractivity contribution < 1.29 is 4.74 Å². The van der Waals surface area contributed by atoms with Crippen LogP contribution in [0.5, 0.6) is 5.75 Å². The highest BCUT2D eigenvalue weighted by molar-refractivity contribution is 9.10. The highest BCUT2D eigenvalue weighted by Crippen LogP contribution is 2.32. The number of hydrogen-bond donors (Lipinski definition) is 0. The molecule has 1 unspecified atom stereocenters. The van der Waals surface area contributed by atoms with Gasteiger partial charge in [0.2, 0.25) is 0 Å². The monoisotopic (exact) mass is 313 g/mol. The Morgan fingerprint density at radius 1 is 1.53 bits per heavy atom. The first-order chi connectivity index (χ1) is 8.22. The molecular weight excluding hydrogens is 298 g/mol. The highest BCUT2D eigenvalue weighted by Gasteiger charge is 2.11. The summed E-state index contributed by atoms with van der Waals surface area (Å²) in [6.45, 7) is 2.18. The Labute approximate surface area is 115 Å². The van der Waals surface area contributed by atoms with E-state index in [1.165, 1.54) is 17.3 Å². The zero-order valence-electron chi connectivity index (χ0n) is 10.1. The maximum Gasteiger partial charge on any atom is 0.133 e. The first-order valence-electron chi connectivity index (χ1n) is 5.57. The smallest absolute Gasteiger partial charge is 0.133 e. The van der Waals surface area contributed by atoms with E-state index >= 15 is 0 Å². The topological polar surface area (TPSA) is 33.0 Å². The second kappa shape index (κ2) is 7.62. The average Bonchev–Trinajstić information content (AvgIpc) is 2.35. The molecule has 4 heteroatoms. The SMILES string of the molecule is CCC(CCSC#N)c1ccc(OC)c(Br)c1. The number of nitrogens with zero attached hydrogens (tertiary/aromatic N) is 1. The van der Waals surface area contributed by atoms with E-state index in [1.54, 1.807) is 7.11 Å². The van der Waals surface area contributed by atoms with Gasteiger partial charge in [-0.05, 0) is 64.1 Å². The van der Waals surface area contributed by atoms with E-state index in [1.807, 2.05) is 6.07 Å². The summed E-state index contributed by atoms with van der Waals surface area (Å²) < 4.78 is 6.21. The summed E-state index contributed by atoms with van der Waals surface area (Å²) in [6.07, 6.45) is 2.12. The second-order valence-corrected chi connectivity index (χ2v) is 5.46. The number of thiocyanates is 1. The third-order valence-electron chi connectivity index (χ3n) is 2.77. The number of ether oxygens (including phenoxy) is 1. The largest absolute Gasteiger partial charge is 0.496 e. The van der Waals surface area contributed by atoms with Crippen LogP contribution in [0.15, 0.2) is 22.7 Å². The van der Waals surface area contributed by atoms with Gasteiger partial charge in [-0.2, -0.15) is 5.26 Å². The van der Waals surface area contributed by atoms with Gasteiger partial charge in [0.1, 0.15) is 11.2 Å². The lowest BCUT2D eigenvalue weighted by Gasteiger charge is -2.15. The molecule has 0 spiro atoms. The van der Waals surface area contributed by atoms with Gasteiger partial charge >= 0.3 is 0 Å². The van der Waals surface area contributed by atoms with E-state index < -0.39 is 0 Å². The zero-order chi connectivity index (χ0) is 12.7. The first kappa shape index (κ1) is 14.4. The molecule has 1 rings (SSSR count). The van der Waals surface area contributed by atoms with Crippen molar-refractivity contribution in [2.45, 2.75) is 25.7 Å². The molecule has 1 aromatic rings. The van der Waals surface area contributed by atoms with Gasteiger partial charge in [0.05, 0.1) is 11.6 Å². The van der Waals surface area contributed by atoms with Gasteiger partial charge in [-0.3, -0.25) is 0 Å². The Morgan fingerprint density at radius 2 is 2.29 bits per heavy atom. The lowest BCUT2D eigenvalue weighted by atomic mass is 9.94. The van der Waals surface area contributed by atoms with Gasteiger partial charge in [-0.25, -0.2) is 0 Å². The predicted octanol–water partition coefficient (Wildman–Crippen LogP) is 4.56. The molecule has 17 heavy (non-hydrogen) atoms. The van der Waals surface area contributed by atoms with E-state index in [9.17, 15) is 0 Å². The van der Waals surface area contributed by atoms with Gasteiger partial charge in [0, 0.05) is 5.75 Å². The van der Waals surface area contributed by atoms with E-state index in [-0.39, 0.29) is 0 Å². The van der Waals surface area contributed by atoms with Gasteiger partial charge in [0.15, 0.2) is 0 Å². The van der Waals surface area contributed by atoms with Crippen molar-refractivity contribution in [3.8, 4) is 11.2 Å². The number of rotatable bonds is 6. The minimum Gasteiger partial charge on any atom is -0.496 e. The summed E-state index contributed by atoms with van der Waals surface area (Å²) in [6, 6.07) is 6.21. The van der Waals surface area contributed by atoms with Crippen LogP contribution in [-0.4, -0.2) is 12.9 Å². The summed E-state index contributed by atoms with van der Waals surface area (Å²) >= 11 is 4.83. The Hall–Kier alpha value is -0.660. The minimum absolute atomic E-state index is 0.512. The first-order valence-corrected chi connectivity index (χ1v) is 7.35. The third-order valence-corrected chi connectivity index (χ3v) is 3.96. The Balaban J connectivity index is 2.75. The lowest BCUT2D eigenvalue weighted by Crippen LogP contribution is -1.99. The van der Waals surface area contributed by atoms with Crippen LogP contribution in [0.4, 0.5) is 0 Å². The lowest BCUT2D eigenvalue weighted by molar-refractivity contribution is 0.411. The number of thioether (sulfide) groups is 1. The van der Waals surface area contributed by atoms with Crippen molar-refractivity contribution in [3.05, 3.63) is 28.2 Å². The molecule has 0 heterocycles. The third kappa shape index (κ3) is 4.25. The summed E-state index contributed by atoms with van der Waals surface area (Å²) in [7, 11) is 1.67. The van der Waals surface area contributed by atoms with Crippen LogP contribution in [0.1, 0.15) is 31.2 Å². The molecule has 0 aliphatic heterocycles. The number of halogens is 1. The molecule has 0 saturated carbocycles. The van der Waals surface area contributed by atoms with Crippen LogP contribution in [0.2, 0.25) is 0 Å². The van der Waals surface area contributed by atoms with Crippen molar-refractivity contribution in [2.75, 3.05) is 12.9 Å². The Kier molecular flexibility index (Phi) is 6.46. The molecule has 1 atom stereocenters. The molecule has 92 valence electrons. The summed E-state index contributed by atoms with van der Waals surface area (Å²) in [5, 5.41) is 10.6. The van der Waals surface area contributed by atoms with Gasteiger partial charge in [-0.1, -0.05) is 13.0 Å². The summed E-state index contributed by atoms with van der Waals surface area (Å²) in [4.78, 5) is 0. The number of nitriles is 1. The summed E-state index contributed by atoms with van der Waals surface area (Å²) in [5.74, 6) is 2.26. The van der Waals surface area contributed by atoms with E-state index in [4.69, 9.17) is 10.00 Å². The maximum atomic E-state index is 8.52. The summed E-state index contributed by atoms with van der Waals surface area (Å²) in [5.41, 5.74) is 1.30. The number of hydrogen-bond acceptors (Lipinski definition) is 3. The molecule has 0 radical (unpaired) electrons. The molecule has 0 saturated heterocycles. The highest BCUT2D eigenvalue weighted by atomic mass is 79.9. The van der Waals surface area contributed by atoms with Crippen LogP contribution in [0.25, 0.3) is 0 Å². The van der Waals surface area contributed by atoms with E-state index in [0.29, 0.717) is 5.92 Å². The normalized spacial score (nSPS) is 11.9. The molecule has 0 aromatic heterocycles. The van der Waals surface area contributed by atoms with Crippen molar-refractivity contribution in [1.82, 2.24) is 0 Å². The van der Waals surface area contributed by atoms with Crippen molar-refractivity contribution in [1.29, 1.82) is 5.26 Å². The molecule has 0 N–H and O–H groups in total. The van der Waals surface area contributed by atoms with Gasteiger partial charge < -0.3 is 4.74 Å². The van der Waals surface area contributed by atoms with Crippen LogP contribution in [0.3, 0.4) is 0 Å². The zero-order valence-corrected chi connectivity index (χ0v) is 12.5. The maximum absolute atomic E-state index is 8.52. The fourth-order valence-corrected chi connectivity index (χ4v) is 2.84. The van der Waals surface area contributed by atoms with Crippen molar-refractivity contribution >= 4 is 27.7 Å². The second-order valence-electron chi connectivity index (χ2n) is 3.73. The van der Waals surface area contributed by atoms with E-state index in [2.05, 4.69) is 40.4 Å². The van der Waals surface area contributed by atoms with Crippen LogP contribution >= 0.6 is 27.7 Å². The molecule has 0 amide bonds. The molecular formula is C13H16BrNOS. The number of methoxy groups -OCH3 is 1. The Morgan fingerprint density at radius 3 is 2.82 bits per heavy atom. The minimum atomic E-state index is 0.512. The number of benzene rings is 1. The van der Waals surface area contributed by atoms with Crippen LogP contribution in [0, 0.1) is 10.7 Å².